The zero-order chi connectivity index (χ0) is 35.5. The summed E-state index contributed by atoms with van der Waals surface area (Å²) in [5, 5.41) is 6.82. The van der Waals surface area contributed by atoms with E-state index in [0.29, 0.717) is 64.0 Å². The highest BCUT2D eigenvalue weighted by Crippen LogP contribution is 2.39. The molecule has 1 amide bonds. The lowest BCUT2D eigenvalue weighted by Gasteiger charge is -2.28. The number of unbranched alkanes of at least 4 members (excludes halogenated alkanes) is 3. The molecule has 50 heavy (non-hydrogen) atoms. The summed E-state index contributed by atoms with van der Waals surface area (Å²) in [5.74, 6) is 4.17. The number of halogens is 1. The van der Waals surface area contributed by atoms with Gasteiger partial charge in [0.2, 0.25) is 5.75 Å². The molecule has 0 radical (unpaired) electrons. The van der Waals surface area contributed by atoms with Gasteiger partial charge in [-0.05, 0) is 97.0 Å². The summed E-state index contributed by atoms with van der Waals surface area (Å²) in [6, 6.07) is 20.5. The van der Waals surface area contributed by atoms with E-state index < -0.39 is 6.17 Å². The van der Waals surface area contributed by atoms with Crippen LogP contribution in [0.3, 0.4) is 0 Å². The lowest BCUT2D eigenvalue weighted by Crippen LogP contribution is -2.38. The van der Waals surface area contributed by atoms with Crippen LogP contribution >= 0.6 is 11.6 Å². The van der Waals surface area contributed by atoms with Crippen molar-refractivity contribution in [3.05, 3.63) is 94.0 Å². The number of fused-ring (bicyclic) bond motifs is 1. The minimum Gasteiger partial charge on any atom is -0.493 e. The van der Waals surface area contributed by atoms with Gasteiger partial charge < -0.3 is 43.8 Å². The number of benzene rings is 4. The zero-order valence-electron chi connectivity index (χ0n) is 29.0. The Morgan fingerprint density at radius 3 is 1.88 bits per heavy atom. The first-order valence-electron chi connectivity index (χ1n) is 16.3. The molecular weight excluding hydrogens is 660 g/mol. The second-order valence-corrected chi connectivity index (χ2v) is 11.9. The lowest BCUT2D eigenvalue weighted by molar-refractivity contribution is 0.0935. The molecule has 0 saturated heterocycles. The van der Waals surface area contributed by atoms with Gasteiger partial charge in [-0.2, -0.15) is 0 Å². The first kappa shape index (κ1) is 36.1. The Hall–Kier alpha value is -5.22. The van der Waals surface area contributed by atoms with Gasteiger partial charge in [0, 0.05) is 10.7 Å². The molecule has 0 saturated carbocycles. The minimum absolute atomic E-state index is 0.190. The van der Waals surface area contributed by atoms with Crippen molar-refractivity contribution in [1.29, 1.82) is 0 Å². The smallest absolute Gasteiger partial charge is 0.255 e. The third-order valence-corrected chi connectivity index (χ3v) is 8.45. The van der Waals surface area contributed by atoms with Crippen molar-refractivity contribution >= 4 is 35.3 Å². The number of anilines is 1. The van der Waals surface area contributed by atoms with Crippen LogP contribution in [0, 0.1) is 0 Å². The Balaban J connectivity index is 1.07. The molecule has 1 aliphatic rings. The molecule has 1 aliphatic heterocycles. The van der Waals surface area contributed by atoms with Crippen molar-refractivity contribution in [2.45, 2.75) is 31.8 Å². The molecule has 0 bridgehead atoms. The van der Waals surface area contributed by atoms with Gasteiger partial charge in [-0.25, -0.2) is 0 Å². The number of ether oxygens (including phenoxy) is 7. The van der Waals surface area contributed by atoms with Gasteiger partial charge in [0.15, 0.2) is 34.5 Å². The Morgan fingerprint density at radius 2 is 1.22 bits per heavy atom. The number of rotatable bonds is 17. The maximum Gasteiger partial charge on any atom is 0.255 e. The van der Waals surface area contributed by atoms with E-state index in [1.807, 2.05) is 60.7 Å². The van der Waals surface area contributed by atoms with Crippen LogP contribution in [0.1, 0.15) is 58.9 Å². The minimum atomic E-state index is -0.408. The molecule has 2 N–H and O–H groups in total. The molecule has 0 fully saturated rings. The number of amides is 1. The average Bonchev–Trinajstić information content (AvgIpc) is 3.14. The number of hydrogen-bond donors (Lipinski definition) is 2. The van der Waals surface area contributed by atoms with Crippen molar-refractivity contribution in [3.8, 4) is 40.2 Å². The Bertz CT molecular complexity index is 1790. The summed E-state index contributed by atoms with van der Waals surface area (Å²) < 4.78 is 39.7. The fraction of sp³-hybridized carbons (Fsp3) is 0.308. The monoisotopic (exact) mass is 702 g/mol. The summed E-state index contributed by atoms with van der Waals surface area (Å²) in [6.07, 6.45) is 7.31. The van der Waals surface area contributed by atoms with Crippen LogP contribution in [-0.4, -0.2) is 54.7 Å². The molecule has 1 atom stereocenters. The Morgan fingerprint density at radius 1 is 0.600 bits per heavy atom. The van der Waals surface area contributed by atoms with E-state index >= 15 is 0 Å². The highest BCUT2D eigenvalue weighted by atomic mass is 35.5. The maximum absolute atomic E-state index is 12.7. The van der Waals surface area contributed by atoms with E-state index in [9.17, 15) is 4.79 Å². The fourth-order valence-corrected chi connectivity index (χ4v) is 5.77. The largest absolute Gasteiger partial charge is 0.493 e. The Labute approximate surface area is 298 Å². The molecule has 0 aliphatic carbocycles. The topological polar surface area (TPSA) is 106 Å². The molecule has 264 valence electrons. The van der Waals surface area contributed by atoms with Gasteiger partial charge in [-0.15, -0.1) is 0 Å². The number of methoxy groups -OCH3 is 5. The van der Waals surface area contributed by atoms with E-state index in [4.69, 9.17) is 44.8 Å². The quantitative estimate of drug-likeness (QED) is 0.0829. The summed E-state index contributed by atoms with van der Waals surface area (Å²) in [6.45, 7) is 1.12. The van der Waals surface area contributed by atoms with Crippen LogP contribution in [0.15, 0.2) is 66.7 Å². The predicted octanol–water partition coefficient (Wildman–Crippen LogP) is 8.43. The number of hydrogen-bond acceptors (Lipinski definition) is 9. The summed E-state index contributed by atoms with van der Waals surface area (Å²) in [7, 11) is 8.02. The molecule has 11 heteroatoms. The van der Waals surface area contributed by atoms with Crippen molar-refractivity contribution in [2.75, 3.05) is 54.1 Å². The standard InChI is InChI=1S/C39H43ClN2O8/c1-44-31-16-12-25(10-11-26-21-35(46-3)37(48-5)36(22-26)47-4)20-34(31)50-19-9-7-6-8-18-49-32-17-13-27(23-33(32)45-2)38-41-30-15-14-28(40)24-29(30)39(43)42-38/h10-17,20-24,38,41H,6-9,18-19H2,1-5H3,(H,42,43). The fourth-order valence-electron chi connectivity index (χ4n) is 5.60. The van der Waals surface area contributed by atoms with Crippen molar-refractivity contribution < 1.29 is 38.0 Å². The van der Waals surface area contributed by atoms with Crippen LogP contribution < -0.4 is 43.8 Å². The SMILES string of the molecule is COc1cc(C2NC(=O)c3cc(Cl)ccc3N2)ccc1OCCCCCCOc1cc(C=Cc2cc(OC)c(OC)c(OC)c2)ccc1OC. The van der Waals surface area contributed by atoms with E-state index in [1.165, 1.54) is 0 Å². The van der Waals surface area contributed by atoms with E-state index in [2.05, 4.69) is 10.6 Å². The van der Waals surface area contributed by atoms with Gasteiger partial charge in [0.1, 0.15) is 6.17 Å². The van der Waals surface area contributed by atoms with Crippen LogP contribution in [0.2, 0.25) is 5.02 Å². The van der Waals surface area contributed by atoms with Gasteiger partial charge in [-0.1, -0.05) is 35.9 Å². The highest BCUT2D eigenvalue weighted by Gasteiger charge is 2.25. The second-order valence-electron chi connectivity index (χ2n) is 11.5. The molecule has 1 heterocycles. The van der Waals surface area contributed by atoms with Gasteiger partial charge >= 0.3 is 0 Å². The number of carbonyl (C=O) groups is 1. The molecule has 10 nitrogen and oxygen atoms in total. The third kappa shape index (κ3) is 8.87. The van der Waals surface area contributed by atoms with Crippen LogP contribution in [0.4, 0.5) is 5.69 Å². The predicted molar refractivity (Wildman–Crippen MR) is 196 cm³/mol. The van der Waals surface area contributed by atoms with E-state index in [1.54, 1.807) is 53.7 Å². The normalized spacial score (nSPS) is 13.6. The first-order chi connectivity index (χ1) is 24.4. The maximum atomic E-state index is 12.7. The zero-order valence-corrected chi connectivity index (χ0v) is 29.7. The van der Waals surface area contributed by atoms with Gasteiger partial charge in [0.05, 0.1) is 54.3 Å². The van der Waals surface area contributed by atoms with Crippen LogP contribution in [-0.2, 0) is 0 Å². The number of nitrogens with one attached hydrogen (secondary N) is 2. The van der Waals surface area contributed by atoms with E-state index in [-0.39, 0.29) is 5.91 Å². The van der Waals surface area contributed by atoms with Crippen molar-refractivity contribution in [2.24, 2.45) is 0 Å². The van der Waals surface area contributed by atoms with Crippen molar-refractivity contribution in [1.82, 2.24) is 5.32 Å². The average molecular weight is 703 g/mol. The van der Waals surface area contributed by atoms with E-state index in [0.717, 1.165) is 48.1 Å². The van der Waals surface area contributed by atoms with Crippen LogP contribution in [0.25, 0.3) is 12.2 Å². The summed E-state index contributed by atoms with van der Waals surface area (Å²) >= 11 is 6.06. The van der Waals surface area contributed by atoms with Gasteiger partial charge in [0.25, 0.3) is 5.91 Å². The molecule has 0 aromatic heterocycles. The van der Waals surface area contributed by atoms with Gasteiger partial charge in [-0.3, -0.25) is 4.79 Å². The molecule has 0 spiro atoms. The summed E-state index contributed by atoms with van der Waals surface area (Å²) in [4.78, 5) is 12.7. The number of carbonyl (C=O) groups excluding carboxylic acids is 1. The molecule has 5 rings (SSSR count). The second kappa shape index (κ2) is 17.4. The van der Waals surface area contributed by atoms with Crippen molar-refractivity contribution in [3.63, 3.8) is 0 Å². The Kier molecular flexibility index (Phi) is 12.6. The third-order valence-electron chi connectivity index (χ3n) is 8.22. The summed E-state index contributed by atoms with van der Waals surface area (Å²) in [5.41, 5.74) is 3.95. The molecular formula is C39H43ClN2O8. The van der Waals surface area contributed by atoms with Crippen LogP contribution in [0.5, 0.6) is 40.2 Å². The lowest BCUT2D eigenvalue weighted by atomic mass is 10.1. The molecule has 1 unspecified atom stereocenters. The highest BCUT2D eigenvalue weighted by molar-refractivity contribution is 6.31. The molecule has 4 aromatic rings. The molecule has 4 aromatic carbocycles. The first-order valence-corrected chi connectivity index (χ1v) is 16.7.